The molecule has 2 rings (SSSR count). The quantitative estimate of drug-likeness (QED) is 0.444. The number of hydrogen-bond donors (Lipinski definition) is 2. The molecule has 1 saturated heterocycles. The Morgan fingerprint density at radius 1 is 1.46 bits per heavy atom. The third kappa shape index (κ3) is 5.75. The molecule has 1 aromatic carbocycles. The molecule has 26 heavy (non-hydrogen) atoms. The van der Waals surface area contributed by atoms with Gasteiger partial charge >= 0.3 is 0 Å². The Bertz CT molecular complexity index is 697. The van der Waals surface area contributed by atoms with Crippen LogP contribution in [0.15, 0.2) is 41.5 Å². The lowest BCUT2D eigenvalue weighted by atomic mass is 10.0. The van der Waals surface area contributed by atoms with Gasteiger partial charge in [0, 0.05) is 36.0 Å². The summed E-state index contributed by atoms with van der Waals surface area (Å²) in [6, 6.07) is 3.85. The number of halogens is 2. The average Bonchev–Trinajstić information content (AvgIpc) is 2.61. The van der Waals surface area contributed by atoms with E-state index in [4.69, 9.17) is 5.73 Å². The van der Waals surface area contributed by atoms with E-state index < -0.39 is 11.6 Å². The Morgan fingerprint density at radius 3 is 2.88 bits per heavy atom. The lowest BCUT2D eigenvalue weighted by Crippen LogP contribution is -2.47. The first-order chi connectivity index (χ1) is 12.4. The number of allylic oxidation sites excluding steroid dienone is 2. The first-order valence-corrected chi connectivity index (χ1v) is 9.00. The second-order valence-corrected chi connectivity index (χ2v) is 6.68. The van der Waals surface area contributed by atoms with Crippen LogP contribution in [-0.4, -0.2) is 43.0 Å². The van der Waals surface area contributed by atoms with Crippen molar-refractivity contribution < 1.29 is 8.78 Å². The summed E-state index contributed by atoms with van der Waals surface area (Å²) < 4.78 is 27.1. The number of likely N-dealkylation sites (tertiary alicyclic amines) is 1. The fourth-order valence-electron chi connectivity index (χ4n) is 3.07. The third-order valence-corrected chi connectivity index (χ3v) is 4.57. The largest absolute Gasteiger partial charge is 0.386 e. The van der Waals surface area contributed by atoms with Crippen molar-refractivity contribution in [3.63, 3.8) is 0 Å². The predicted molar refractivity (Wildman–Crippen MR) is 104 cm³/mol. The highest BCUT2D eigenvalue weighted by Gasteiger charge is 2.18. The Kier molecular flexibility index (Phi) is 7.48. The van der Waals surface area contributed by atoms with Gasteiger partial charge in [-0.05, 0) is 50.6 Å². The molecule has 1 aliphatic heterocycles. The molecular weight excluding hydrogens is 334 g/mol. The van der Waals surface area contributed by atoms with Crippen molar-refractivity contribution in [1.29, 1.82) is 0 Å². The zero-order valence-electron chi connectivity index (χ0n) is 15.6. The molecule has 0 radical (unpaired) electrons. The van der Waals surface area contributed by atoms with Gasteiger partial charge in [0.2, 0.25) is 0 Å². The Morgan fingerprint density at radius 2 is 2.23 bits per heavy atom. The highest BCUT2D eigenvalue weighted by molar-refractivity contribution is 5.85. The van der Waals surface area contributed by atoms with E-state index in [0.717, 1.165) is 32.1 Å². The zero-order chi connectivity index (χ0) is 19.1. The van der Waals surface area contributed by atoms with Crippen LogP contribution in [0, 0.1) is 11.6 Å². The smallest absolute Gasteiger partial charge is 0.134 e. The zero-order valence-corrected chi connectivity index (χ0v) is 15.6. The van der Waals surface area contributed by atoms with Crippen LogP contribution in [0.2, 0.25) is 0 Å². The van der Waals surface area contributed by atoms with Gasteiger partial charge in [0.25, 0.3) is 0 Å². The molecule has 4 nitrogen and oxygen atoms in total. The van der Waals surface area contributed by atoms with Crippen molar-refractivity contribution in [2.75, 3.05) is 26.2 Å². The SMILES string of the molecule is C=C(C)/C(=C\N=C(N)CNC1CCCN(CC)C1)c1ccc(F)cc1F. The summed E-state index contributed by atoms with van der Waals surface area (Å²) in [5, 5.41) is 3.42. The normalized spacial score (nSPS) is 19.6. The summed E-state index contributed by atoms with van der Waals surface area (Å²) in [6.07, 6.45) is 3.79. The lowest BCUT2D eigenvalue weighted by Gasteiger charge is -2.32. The molecule has 6 heteroatoms. The molecular formula is C20H28F2N4. The van der Waals surface area contributed by atoms with Crippen LogP contribution in [0.3, 0.4) is 0 Å². The van der Waals surface area contributed by atoms with Gasteiger partial charge in [0.05, 0.1) is 6.54 Å². The monoisotopic (exact) mass is 362 g/mol. The van der Waals surface area contributed by atoms with Crippen molar-refractivity contribution >= 4 is 11.4 Å². The number of aliphatic imine (C=N–C) groups is 1. The van der Waals surface area contributed by atoms with Gasteiger partial charge in [-0.2, -0.15) is 0 Å². The molecule has 1 aliphatic rings. The highest BCUT2D eigenvalue weighted by Crippen LogP contribution is 2.25. The highest BCUT2D eigenvalue weighted by atomic mass is 19.1. The van der Waals surface area contributed by atoms with E-state index in [2.05, 4.69) is 28.7 Å². The summed E-state index contributed by atoms with van der Waals surface area (Å²) >= 11 is 0. The molecule has 0 aromatic heterocycles. The molecule has 1 aromatic rings. The van der Waals surface area contributed by atoms with Crippen LogP contribution in [0.5, 0.6) is 0 Å². The van der Waals surface area contributed by atoms with E-state index in [-0.39, 0.29) is 5.56 Å². The van der Waals surface area contributed by atoms with E-state index in [9.17, 15) is 8.78 Å². The Balaban J connectivity index is 2.04. The molecule has 142 valence electrons. The fraction of sp³-hybridized carbons (Fsp3) is 0.450. The van der Waals surface area contributed by atoms with E-state index in [0.29, 0.717) is 29.6 Å². The summed E-state index contributed by atoms with van der Waals surface area (Å²) in [7, 11) is 0. The number of nitrogens with two attached hydrogens (primary N) is 1. The van der Waals surface area contributed by atoms with E-state index in [1.165, 1.54) is 24.8 Å². The molecule has 3 N–H and O–H groups in total. The van der Waals surface area contributed by atoms with E-state index in [1.54, 1.807) is 6.92 Å². The van der Waals surface area contributed by atoms with E-state index in [1.807, 2.05) is 0 Å². The number of benzene rings is 1. The summed E-state index contributed by atoms with van der Waals surface area (Å²) in [5.41, 5.74) is 7.38. The topological polar surface area (TPSA) is 53.6 Å². The number of amidine groups is 1. The van der Waals surface area contributed by atoms with Crippen LogP contribution in [0.1, 0.15) is 32.3 Å². The maximum Gasteiger partial charge on any atom is 0.134 e. The third-order valence-electron chi connectivity index (χ3n) is 4.57. The minimum absolute atomic E-state index is 0.259. The second-order valence-electron chi connectivity index (χ2n) is 6.68. The molecule has 1 atom stereocenters. The van der Waals surface area contributed by atoms with Gasteiger partial charge in [-0.25, -0.2) is 13.8 Å². The van der Waals surface area contributed by atoms with Gasteiger partial charge in [-0.15, -0.1) is 0 Å². The molecule has 0 aliphatic carbocycles. The average molecular weight is 362 g/mol. The molecule has 0 bridgehead atoms. The summed E-state index contributed by atoms with van der Waals surface area (Å²) in [6.45, 7) is 11.4. The van der Waals surface area contributed by atoms with E-state index >= 15 is 0 Å². The van der Waals surface area contributed by atoms with Gasteiger partial charge in [-0.1, -0.05) is 13.5 Å². The van der Waals surface area contributed by atoms with Crippen LogP contribution < -0.4 is 11.1 Å². The number of rotatable bonds is 7. The summed E-state index contributed by atoms with van der Waals surface area (Å²) in [5.74, 6) is -0.846. The maximum atomic E-state index is 14.0. The van der Waals surface area contributed by atoms with Crippen molar-refractivity contribution in [1.82, 2.24) is 10.2 Å². The van der Waals surface area contributed by atoms with Crippen molar-refractivity contribution in [2.24, 2.45) is 10.7 Å². The minimum Gasteiger partial charge on any atom is -0.386 e. The molecule has 1 heterocycles. The Hall–Kier alpha value is -2.05. The second kappa shape index (κ2) is 9.59. The number of piperidine rings is 1. The van der Waals surface area contributed by atoms with Gasteiger partial charge in [-0.3, -0.25) is 0 Å². The van der Waals surface area contributed by atoms with Crippen molar-refractivity contribution in [3.05, 3.63) is 53.7 Å². The number of nitrogens with zero attached hydrogens (tertiary/aromatic N) is 2. The van der Waals surface area contributed by atoms with Crippen LogP contribution in [0.25, 0.3) is 5.57 Å². The van der Waals surface area contributed by atoms with Gasteiger partial charge in [0.15, 0.2) is 0 Å². The summed E-state index contributed by atoms with van der Waals surface area (Å²) in [4.78, 5) is 6.65. The van der Waals surface area contributed by atoms with Crippen molar-refractivity contribution in [3.8, 4) is 0 Å². The molecule has 0 spiro atoms. The first kappa shape index (κ1) is 20.3. The molecule has 1 fully saturated rings. The lowest BCUT2D eigenvalue weighted by molar-refractivity contribution is 0.202. The van der Waals surface area contributed by atoms with Crippen LogP contribution in [-0.2, 0) is 0 Å². The van der Waals surface area contributed by atoms with Gasteiger partial charge in [0.1, 0.15) is 17.5 Å². The van der Waals surface area contributed by atoms with Crippen LogP contribution >= 0.6 is 0 Å². The molecule has 0 saturated carbocycles. The van der Waals surface area contributed by atoms with Crippen LogP contribution in [0.4, 0.5) is 8.78 Å². The number of nitrogens with one attached hydrogen (secondary N) is 1. The van der Waals surface area contributed by atoms with Crippen molar-refractivity contribution in [2.45, 2.75) is 32.7 Å². The number of likely N-dealkylation sites (N-methyl/N-ethyl adjacent to an activating group) is 1. The number of hydrogen-bond acceptors (Lipinski definition) is 3. The fourth-order valence-corrected chi connectivity index (χ4v) is 3.07. The Labute approximate surface area is 154 Å². The molecule has 0 amide bonds. The standard InChI is InChI=1S/C20H28F2N4/c1-4-26-9-5-6-16(13-26)24-12-20(23)25-11-18(14(2)3)17-8-7-15(21)10-19(17)22/h7-8,10-11,16,24H,2,4-6,9,12-13H2,1,3H3,(H2,23,25)/b18-11+. The molecule has 1 unspecified atom stereocenters. The predicted octanol–water partition coefficient (Wildman–Crippen LogP) is 3.31. The first-order valence-electron chi connectivity index (χ1n) is 9.00. The van der Waals surface area contributed by atoms with Gasteiger partial charge < -0.3 is 16.0 Å². The maximum absolute atomic E-state index is 14.0. The minimum atomic E-state index is -0.645.